The number of amides is 1. The van der Waals surface area contributed by atoms with Crippen LogP contribution < -0.4 is 0 Å². The van der Waals surface area contributed by atoms with Crippen molar-refractivity contribution in [2.75, 3.05) is 0 Å². The van der Waals surface area contributed by atoms with Crippen LogP contribution >= 0.6 is 0 Å². The minimum atomic E-state index is -0.722. The van der Waals surface area contributed by atoms with E-state index in [4.69, 9.17) is 5.11 Å². The summed E-state index contributed by atoms with van der Waals surface area (Å²) in [4.78, 5) is 24.6. The van der Waals surface area contributed by atoms with Crippen molar-refractivity contribution in [1.82, 2.24) is 4.90 Å². The van der Waals surface area contributed by atoms with E-state index in [0.29, 0.717) is 6.42 Å². The molecular weight excluding hydrogens is 218 g/mol. The highest BCUT2D eigenvalue weighted by Gasteiger charge is 2.42. The minimum Gasteiger partial charge on any atom is -0.481 e. The van der Waals surface area contributed by atoms with Gasteiger partial charge in [0.2, 0.25) is 5.91 Å². The van der Waals surface area contributed by atoms with E-state index in [1.54, 1.807) is 6.08 Å². The molecule has 0 spiro atoms. The number of carbonyl (C=O) groups is 2. The van der Waals surface area contributed by atoms with Crippen molar-refractivity contribution in [3.8, 4) is 0 Å². The average molecular weight is 237 g/mol. The lowest BCUT2D eigenvalue weighted by atomic mass is 9.88. The lowest BCUT2D eigenvalue weighted by Crippen LogP contribution is -2.46. The molecule has 2 aliphatic heterocycles. The Balaban J connectivity index is 2.00. The van der Waals surface area contributed by atoms with Crippen LogP contribution in [0.5, 0.6) is 0 Å². The lowest BCUT2D eigenvalue weighted by molar-refractivity contribution is -0.139. The molecule has 0 aromatic heterocycles. The molecule has 0 aromatic rings. The van der Waals surface area contributed by atoms with Crippen LogP contribution in [0.3, 0.4) is 0 Å². The molecule has 94 valence electrons. The van der Waals surface area contributed by atoms with Crippen LogP contribution in [-0.2, 0) is 9.59 Å². The molecule has 17 heavy (non-hydrogen) atoms. The molecule has 2 atom stereocenters. The van der Waals surface area contributed by atoms with E-state index >= 15 is 0 Å². The monoisotopic (exact) mass is 237 g/mol. The second kappa shape index (κ2) is 4.90. The number of carboxylic acid groups (broad SMARTS) is 1. The predicted molar refractivity (Wildman–Crippen MR) is 63.4 cm³/mol. The molecule has 0 aliphatic carbocycles. The summed E-state index contributed by atoms with van der Waals surface area (Å²) in [6, 6.07) is 0.538. The van der Waals surface area contributed by atoms with Crippen LogP contribution in [0.2, 0.25) is 0 Å². The van der Waals surface area contributed by atoms with Crippen LogP contribution in [0.25, 0.3) is 0 Å². The van der Waals surface area contributed by atoms with Gasteiger partial charge in [0.15, 0.2) is 0 Å². The molecule has 0 saturated carbocycles. The van der Waals surface area contributed by atoms with E-state index in [9.17, 15) is 9.59 Å². The van der Waals surface area contributed by atoms with Crippen molar-refractivity contribution in [3.63, 3.8) is 0 Å². The third-order valence-electron chi connectivity index (χ3n) is 3.90. The fraction of sp³-hybridized carbons (Fsp3) is 0.692. The molecule has 2 bridgehead atoms. The van der Waals surface area contributed by atoms with Crippen LogP contribution in [0.15, 0.2) is 12.7 Å². The normalized spacial score (nSPS) is 31.3. The van der Waals surface area contributed by atoms with Gasteiger partial charge in [-0.05, 0) is 31.6 Å². The summed E-state index contributed by atoms with van der Waals surface area (Å²) in [6.07, 6.45) is 6.06. The molecule has 2 aliphatic rings. The average Bonchev–Trinajstić information content (AvgIpc) is 2.50. The van der Waals surface area contributed by atoms with Gasteiger partial charge < -0.3 is 10.0 Å². The number of fused-ring (bicyclic) bond motifs is 2. The zero-order valence-corrected chi connectivity index (χ0v) is 9.97. The van der Waals surface area contributed by atoms with Crippen LogP contribution in [0.4, 0.5) is 0 Å². The number of carboxylic acids is 1. The molecule has 4 heteroatoms. The number of piperidine rings is 1. The van der Waals surface area contributed by atoms with Crippen molar-refractivity contribution < 1.29 is 14.7 Å². The van der Waals surface area contributed by atoms with Gasteiger partial charge >= 0.3 is 5.97 Å². The van der Waals surface area contributed by atoms with E-state index in [1.165, 1.54) is 0 Å². The summed E-state index contributed by atoms with van der Waals surface area (Å²) < 4.78 is 0. The van der Waals surface area contributed by atoms with Crippen molar-refractivity contribution in [1.29, 1.82) is 0 Å². The first-order valence-corrected chi connectivity index (χ1v) is 6.25. The standard InChI is InChI=1S/C13H19NO3/c1-2-3-12(15)14-10-4-5-11(14)7-9(6-10)8-13(16)17/h2,9-11H,1,3-8H2,(H,16,17). The maximum absolute atomic E-state index is 11.9. The predicted octanol–water partition coefficient (Wildman–Crippen LogP) is 1.81. The summed E-state index contributed by atoms with van der Waals surface area (Å²) in [7, 11) is 0. The van der Waals surface area contributed by atoms with E-state index in [-0.39, 0.29) is 30.3 Å². The summed E-state index contributed by atoms with van der Waals surface area (Å²) >= 11 is 0. The maximum atomic E-state index is 11.9. The Morgan fingerprint density at radius 1 is 1.29 bits per heavy atom. The molecular formula is C13H19NO3. The molecule has 2 rings (SSSR count). The Kier molecular flexibility index (Phi) is 3.50. The zero-order chi connectivity index (χ0) is 12.4. The van der Waals surface area contributed by atoms with Gasteiger partial charge in [0.1, 0.15) is 0 Å². The maximum Gasteiger partial charge on any atom is 0.303 e. The summed E-state index contributed by atoms with van der Waals surface area (Å²) in [5, 5.41) is 8.82. The first-order chi connectivity index (χ1) is 8.11. The molecule has 4 nitrogen and oxygen atoms in total. The second-order valence-electron chi connectivity index (χ2n) is 5.11. The topological polar surface area (TPSA) is 57.6 Å². The molecule has 0 aromatic carbocycles. The second-order valence-corrected chi connectivity index (χ2v) is 5.11. The molecule has 1 N–H and O–H groups in total. The van der Waals surface area contributed by atoms with Crippen LogP contribution in [0.1, 0.15) is 38.5 Å². The quantitative estimate of drug-likeness (QED) is 0.759. The Hall–Kier alpha value is -1.32. The highest BCUT2D eigenvalue weighted by Crippen LogP contribution is 2.40. The summed E-state index contributed by atoms with van der Waals surface area (Å²) in [5.41, 5.74) is 0. The van der Waals surface area contributed by atoms with Crippen molar-refractivity contribution in [2.45, 2.75) is 50.6 Å². The van der Waals surface area contributed by atoms with Gasteiger partial charge in [-0.3, -0.25) is 9.59 Å². The highest BCUT2D eigenvalue weighted by atomic mass is 16.4. The van der Waals surface area contributed by atoms with E-state index < -0.39 is 5.97 Å². The molecule has 2 saturated heterocycles. The minimum absolute atomic E-state index is 0.154. The summed E-state index contributed by atoms with van der Waals surface area (Å²) in [6.45, 7) is 3.60. The fourth-order valence-electron chi connectivity index (χ4n) is 3.34. The van der Waals surface area contributed by atoms with Crippen LogP contribution in [0, 0.1) is 5.92 Å². The fourth-order valence-corrected chi connectivity index (χ4v) is 3.34. The van der Waals surface area contributed by atoms with E-state index in [0.717, 1.165) is 25.7 Å². The van der Waals surface area contributed by atoms with Gasteiger partial charge in [0.05, 0.1) is 0 Å². The number of hydrogen-bond acceptors (Lipinski definition) is 2. The molecule has 2 heterocycles. The number of carbonyl (C=O) groups excluding carboxylic acids is 1. The summed E-state index contributed by atoms with van der Waals surface area (Å²) in [5.74, 6) is -0.320. The highest BCUT2D eigenvalue weighted by molar-refractivity contribution is 5.78. The molecule has 1 amide bonds. The molecule has 2 unspecified atom stereocenters. The Labute approximate surface area is 101 Å². The van der Waals surface area contributed by atoms with Gasteiger partial charge in [-0.25, -0.2) is 0 Å². The molecule has 0 radical (unpaired) electrons. The number of aliphatic carboxylic acids is 1. The van der Waals surface area contributed by atoms with E-state index in [2.05, 4.69) is 6.58 Å². The first kappa shape index (κ1) is 12.1. The Morgan fingerprint density at radius 2 is 1.88 bits per heavy atom. The van der Waals surface area contributed by atoms with Crippen LogP contribution in [-0.4, -0.2) is 34.0 Å². The Morgan fingerprint density at radius 3 is 2.35 bits per heavy atom. The SMILES string of the molecule is C=CCC(=O)N1C2CCC1CC(CC(=O)O)C2. The van der Waals surface area contributed by atoms with Crippen molar-refractivity contribution >= 4 is 11.9 Å². The third-order valence-corrected chi connectivity index (χ3v) is 3.90. The van der Waals surface area contributed by atoms with E-state index in [1.807, 2.05) is 4.90 Å². The van der Waals surface area contributed by atoms with Gasteiger partial charge in [-0.1, -0.05) is 6.08 Å². The van der Waals surface area contributed by atoms with Gasteiger partial charge in [-0.2, -0.15) is 0 Å². The van der Waals surface area contributed by atoms with Gasteiger partial charge in [0, 0.05) is 24.9 Å². The lowest BCUT2D eigenvalue weighted by Gasteiger charge is -2.38. The molecule has 2 fully saturated rings. The number of hydrogen-bond donors (Lipinski definition) is 1. The Bertz CT molecular complexity index is 326. The van der Waals surface area contributed by atoms with Gasteiger partial charge in [-0.15, -0.1) is 6.58 Å². The van der Waals surface area contributed by atoms with Crippen molar-refractivity contribution in [2.24, 2.45) is 5.92 Å². The third kappa shape index (κ3) is 2.51. The van der Waals surface area contributed by atoms with Crippen molar-refractivity contribution in [3.05, 3.63) is 12.7 Å². The largest absolute Gasteiger partial charge is 0.481 e. The van der Waals surface area contributed by atoms with Gasteiger partial charge in [0.25, 0.3) is 0 Å². The zero-order valence-electron chi connectivity index (χ0n) is 9.97. The smallest absolute Gasteiger partial charge is 0.303 e. The number of nitrogens with zero attached hydrogens (tertiary/aromatic N) is 1. The number of rotatable bonds is 4. The first-order valence-electron chi connectivity index (χ1n) is 6.25.